The first kappa shape index (κ1) is 26.1. The van der Waals surface area contributed by atoms with Crippen LogP contribution in [0.25, 0.3) is 0 Å². The highest BCUT2D eigenvalue weighted by molar-refractivity contribution is 6.60. The molecule has 0 radical (unpaired) electrons. The summed E-state index contributed by atoms with van der Waals surface area (Å²) < 4.78 is 37.6. The van der Waals surface area contributed by atoms with Gasteiger partial charge in [-0.2, -0.15) is 0 Å². The molecule has 2 N–H and O–H groups in total. The van der Waals surface area contributed by atoms with Gasteiger partial charge in [-0.1, -0.05) is 0 Å². The van der Waals surface area contributed by atoms with Gasteiger partial charge in [0, 0.05) is 67.9 Å². The van der Waals surface area contributed by atoms with Gasteiger partial charge in [0.15, 0.2) is 0 Å². The van der Waals surface area contributed by atoms with E-state index in [0.717, 1.165) is 25.4 Å². The van der Waals surface area contributed by atoms with Crippen LogP contribution in [0.3, 0.4) is 0 Å². The van der Waals surface area contributed by atoms with Crippen molar-refractivity contribution in [1.82, 2.24) is 5.32 Å². The maximum absolute atomic E-state index is 9.93. The van der Waals surface area contributed by atoms with Gasteiger partial charge in [0.25, 0.3) is 0 Å². The second-order valence-corrected chi connectivity index (χ2v) is 11.9. The van der Waals surface area contributed by atoms with E-state index in [-0.39, 0.29) is 6.61 Å². The molecule has 0 rings (SSSR count). The van der Waals surface area contributed by atoms with Crippen molar-refractivity contribution in [2.24, 2.45) is 0 Å². The number of nitrogens with one attached hydrogen (secondary N) is 1. The molecular weight excluding hydrogens is 378 g/mol. The van der Waals surface area contributed by atoms with Gasteiger partial charge in [0.2, 0.25) is 0 Å². The summed E-state index contributed by atoms with van der Waals surface area (Å²) in [5, 5.41) is 13.1. The number of hydrogen-bond donors (Lipinski definition) is 2. The van der Waals surface area contributed by atoms with Crippen LogP contribution in [0.5, 0.6) is 0 Å². The fraction of sp³-hybridized carbons (Fsp3) is 1.00. The van der Waals surface area contributed by atoms with Crippen LogP contribution < -0.4 is 5.32 Å². The monoisotopic (exact) mass is 415 g/mol. The Morgan fingerprint density at radius 1 is 0.769 bits per heavy atom. The van der Waals surface area contributed by atoms with Crippen LogP contribution in [-0.4, -0.2) is 97.8 Å². The second-order valence-electron chi connectivity index (χ2n) is 5.73. The first-order valence-corrected chi connectivity index (χ1v) is 12.6. The average Bonchev–Trinajstić information content (AvgIpc) is 2.68. The van der Waals surface area contributed by atoms with E-state index in [1.54, 1.807) is 42.7 Å². The molecule has 0 aromatic carbocycles. The fourth-order valence-corrected chi connectivity index (χ4v) is 5.89. The highest BCUT2D eigenvalue weighted by atomic mass is 28.4. The van der Waals surface area contributed by atoms with Gasteiger partial charge >= 0.3 is 17.6 Å². The molecule has 0 bridgehead atoms. The Balaban J connectivity index is 3.74. The topological polar surface area (TPSA) is 96.9 Å². The molecule has 0 fully saturated rings. The van der Waals surface area contributed by atoms with Crippen molar-refractivity contribution in [3.63, 3.8) is 0 Å². The number of aliphatic hydroxyl groups is 1. The lowest BCUT2D eigenvalue weighted by Crippen LogP contribution is -2.43. The number of hydrogen-bond acceptors (Lipinski definition) is 9. The lowest BCUT2D eigenvalue weighted by atomic mass is 10.3. The normalized spacial score (nSPS) is 14.0. The van der Waals surface area contributed by atoms with Crippen LogP contribution in [0, 0.1) is 0 Å². The summed E-state index contributed by atoms with van der Waals surface area (Å²) in [6.45, 7) is 2.01. The minimum Gasteiger partial charge on any atom is -0.389 e. The third kappa shape index (κ3) is 9.85. The molecule has 0 aliphatic carbocycles. The highest BCUT2D eigenvalue weighted by Crippen LogP contribution is 2.15. The summed E-state index contributed by atoms with van der Waals surface area (Å²) in [5.74, 6) is 0. The first-order valence-electron chi connectivity index (χ1n) is 8.74. The molecule has 9 nitrogen and oxygen atoms in total. The summed E-state index contributed by atoms with van der Waals surface area (Å²) in [6, 6.07) is 1.40. The second kappa shape index (κ2) is 15.0. The van der Waals surface area contributed by atoms with E-state index in [2.05, 4.69) is 5.32 Å². The predicted octanol–water partition coefficient (Wildman–Crippen LogP) is 0.490. The molecule has 0 heterocycles. The molecule has 0 aromatic heterocycles. The lowest BCUT2D eigenvalue weighted by molar-refractivity contribution is 0.0352. The minimum absolute atomic E-state index is 0.279. The molecule has 0 aromatic rings. The van der Waals surface area contributed by atoms with Gasteiger partial charge in [-0.3, -0.25) is 0 Å². The summed E-state index contributed by atoms with van der Waals surface area (Å²) in [5.41, 5.74) is 0. The summed E-state index contributed by atoms with van der Waals surface area (Å²) in [4.78, 5) is 0. The third-order valence-corrected chi connectivity index (χ3v) is 9.83. The van der Waals surface area contributed by atoms with Crippen LogP contribution in [0.2, 0.25) is 12.1 Å². The van der Waals surface area contributed by atoms with Crippen molar-refractivity contribution < 1.29 is 36.4 Å². The van der Waals surface area contributed by atoms with Crippen LogP contribution in [0.1, 0.15) is 12.8 Å². The Bertz CT molecular complexity index is 286. The third-order valence-electron chi connectivity index (χ3n) is 4.16. The molecular formula is C15H37NO8Si2. The predicted molar refractivity (Wildman–Crippen MR) is 102 cm³/mol. The van der Waals surface area contributed by atoms with E-state index >= 15 is 0 Å². The van der Waals surface area contributed by atoms with Gasteiger partial charge in [-0.25, -0.2) is 0 Å². The number of rotatable bonds is 18. The van der Waals surface area contributed by atoms with E-state index < -0.39 is 23.7 Å². The molecule has 11 heteroatoms. The Kier molecular flexibility index (Phi) is 15.1. The lowest BCUT2D eigenvalue weighted by Gasteiger charge is -2.24. The number of ether oxygens (including phenoxy) is 1. The maximum Gasteiger partial charge on any atom is 0.500 e. The summed E-state index contributed by atoms with van der Waals surface area (Å²) in [6.07, 6.45) is 1.03. The first-order chi connectivity index (χ1) is 12.5. The highest BCUT2D eigenvalue weighted by Gasteiger charge is 2.37. The molecule has 0 spiro atoms. The van der Waals surface area contributed by atoms with E-state index in [4.69, 9.17) is 31.3 Å². The summed E-state index contributed by atoms with van der Waals surface area (Å²) in [7, 11) is 4.55. The zero-order chi connectivity index (χ0) is 19.9. The molecule has 26 heavy (non-hydrogen) atoms. The van der Waals surface area contributed by atoms with Gasteiger partial charge < -0.3 is 41.7 Å². The van der Waals surface area contributed by atoms with E-state index in [0.29, 0.717) is 19.2 Å². The minimum atomic E-state index is -2.53. The van der Waals surface area contributed by atoms with E-state index in [9.17, 15) is 5.11 Å². The molecule has 0 aliphatic heterocycles. The van der Waals surface area contributed by atoms with Gasteiger partial charge in [-0.05, 0) is 19.4 Å². The van der Waals surface area contributed by atoms with Gasteiger partial charge in [0.1, 0.15) is 0 Å². The zero-order valence-electron chi connectivity index (χ0n) is 17.0. The largest absolute Gasteiger partial charge is 0.500 e. The zero-order valence-corrected chi connectivity index (χ0v) is 19.0. The van der Waals surface area contributed by atoms with Gasteiger partial charge in [0.05, 0.1) is 12.7 Å². The SMILES string of the molecule is CO[Si](CCCNCC(O)COCCC[Si](OC)(OC)OC)(OC)OC. The van der Waals surface area contributed by atoms with Gasteiger partial charge in [-0.15, -0.1) is 0 Å². The van der Waals surface area contributed by atoms with Crippen LogP contribution in [0.15, 0.2) is 0 Å². The Morgan fingerprint density at radius 2 is 1.23 bits per heavy atom. The fourth-order valence-electron chi connectivity index (χ4n) is 2.48. The summed E-state index contributed by atoms with van der Waals surface area (Å²) >= 11 is 0. The van der Waals surface area contributed by atoms with Crippen LogP contribution in [-0.2, 0) is 31.3 Å². The molecule has 0 amide bonds. The number of aliphatic hydroxyl groups excluding tert-OH is 1. The molecule has 158 valence electrons. The van der Waals surface area contributed by atoms with E-state index in [1.807, 2.05) is 0 Å². The standard InChI is InChI=1S/C15H37NO8Si2/c1-18-25(19-2,20-3)11-7-9-16-13-15(17)14-24-10-8-12-26(21-4,22-5)23-6/h15-17H,7-14H2,1-6H3. The van der Waals surface area contributed by atoms with Crippen molar-refractivity contribution in [1.29, 1.82) is 0 Å². The average molecular weight is 416 g/mol. The van der Waals surface area contributed by atoms with Crippen molar-refractivity contribution in [3.8, 4) is 0 Å². The quantitative estimate of drug-likeness (QED) is 0.245. The van der Waals surface area contributed by atoms with E-state index in [1.165, 1.54) is 0 Å². The van der Waals surface area contributed by atoms with Crippen LogP contribution in [0.4, 0.5) is 0 Å². The molecule has 0 saturated carbocycles. The molecule has 1 atom stereocenters. The smallest absolute Gasteiger partial charge is 0.389 e. The molecule has 0 saturated heterocycles. The van der Waals surface area contributed by atoms with Crippen molar-refractivity contribution in [3.05, 3.63) is 0 Å². The Hall–Kier alpha value is 0.0738. The molecule has 1 unspecified atom stereocenters. The maximum atomic E-state index is 9.93. The van der Waals surface area contributed by atoms with Crippen LogP contribution >= 0.6 is 0 Å². The van der Waals surface area contributed by atoms with Crippen molar-refractivity contribution in [2.75, 3.05) is 69.0 Å². The molecule has 0 aliphatic rings. The Morgan fingerprint density at radius 3 is 1.69 bits per heavy atom. The Labute approximate surface area is 159 Å². The van der Waals surface area contributed by atoms with Crippen molar-refractivity contribution in [2.45, 2.75) is 31.0 Å². The van der Waals surface area contributed by atoms with Crippen molar-refractivity contribution >= 4 is 17.6 Å².